The van der Waals surface area contributed by atoms with E-state index in [1.807, 2.05) is 0 Å². The highest BCUT2D eigenvalue weighted by Gasteiger charge is 2.46. The summed E-state index contributed by atoms with van der Waals surface area (Å²) in [5, 5.41) is 3.62. The van der Waals surface area contributed by atoms with Crippen LogP contribution in [-0.2, 0) is 12.0 Å². The van der Waals surface area contributed by atoms with Crippen molar-refractivity contribution in [2.24, 2.45) is 0 Å². The number of ether oxygens (including phenoxy) is 1. The normalized spacial score (nSPS) is 21.8. The number of methoxy groups -OCH3 is 1. The van der Waals surface area contributed by atoms with E-state index < -0.39 is 0 Å². The molecule has 1 aliphatic heterocycles. The van der Waals surface area contributed by atoms with Crippen molar-refractivity contribution >= 4 is 0 Å². The molecule has 1 spiro atoms. The van der Waals surface area contributed by atoms with Crippen molar-refractivity contribution in [3.63, 3.8) is 0 Å². The van der Waals surface area contributed by atoms with Crippen LogP contribution in [0.25, 0.3) is 0 Å². The van der Waals surface area contributed by atoms with Crippen molar-refractivity contribution < 1.29 is 4.74 Å². The summed E-state index contributed by atoms with van der Waals surface area (Å²) in [6.45, 7) is 1.12. The van der Waals surface area contributed by atoms with E-state index in [1.54, 1.807) is 7.11 Å². The van der Waals surface area contributed by atoms with Crippen LogP contribution in [0, 0.1) is 0 Å². The average molecular weight is 189 g/mol. The molecule has 14 heavy (non-hydrogen) atoms. The molecule has 1 fully saturated rings. The van der Waals surface area contributed by atoms with Gasteiger partial charge in [0.15, 0.2) is 0 Å². The van der Waals surface area contributed by atoms with E-state index in [1.165, 1.54) is 24.0 Å². The molecule has 0 unspecified atom stereocenters. The van der Waals surface area contributed by atoms with Crippen LogP contribution in [0.5, 0.6) is 5.75 Å². The summed E-state index contributed by atoms with van der Waals surface area (Å²) in [7, 11) is 1.73. The predicted molar refractivity (Wildman–Crippen MR) is 55.6 cm³/mol. The van der Waals surface area contributed by atoms with E-state index in [0.29, 0.717) is 5.54 Å². The SMILES string of the molecule is COc1ccc2c(c1)C1(CC1)NCC2. The van der Waals surface area contributed by atoms with Crippen molar-refractivity contribution in [1.29, 1.82) is 0 Å². The molecule has 2 aliphatic rings. The molecule has 2 heteroatoms. The highest BCUT2D eigenvalue weighted by Crippen LogP contribution is 2.49. The van der Waals surface area contributed by atoms with Crippen LogP contribution in [0.3, 0.4) is 0 Å². The van der Waals surface area contributed by atoms with E-state index >= 15 is 0 Å². The molecule has 2 nitrogen and oxygen atoms in total. The van der Waals surface area contributed by atoms with Gasteiger partial charge in [0.25, 0.3) is 0 Å². The van der Waals surface area contributed by atoms with Gasteiger partial charge in [-0.05, 0) is 42.5 Å². The molecular formula is C12H15NO. The number of hydrogen-bond donors (Lipinski definition) is 1. The van der Waals surface area contributed by atoms with Gasteiger partial charge in [-0.25, -0.2) is 0 Å². The van der Waals surface area contributed by atoms with Gasteiger partial charge < -0.3 is 10.1 Å². The van der Waals surface area contributed by atoms with E-state index in [-0.39, 0.29) is 0 Å². The van der Waals surface area contributed by atoms with Gasteiger partial charge in [0.2, 0.25) is 0 Å². The average Bonchev–Trinajstić information content (AvgIpc) is 2.99. The molecule has 1 aromatic carbocycles. The molecule has 0 saturated heterocycles. The lowest BCUT2D eigenvalue weighted by molar-refractivity contribution is 0.410. The van der Waals surface area contributed by atoms with Crippen molar-refractivity contribution in [3.8, 4) is 5.75 Å². The number of nitrogens with one attached hydrogen (secondary N) is 1. The minimum atomic E-state index is 0.322. The first-order valence-corrected chi connectivity index (χ1v) is 5.26. The second-order valence-corrected chi connectivity index (χ2v) is 4.28. The van der Waals surface area contributed by atoms with E-state index in [4.69, 9.17) is 4.74 Å². The lowest BCUT2D eigenvalue weighted by Crippen LogP contribution is -2.36. The van der Waals surface area contributed by atoms with Crippen LogP contribution in [0.15, 0.2) is 18.2 Å². The quantitative estimate of drug-likeness (QED) is 0.727. The van der Waals surface area contributed by atoms with Crippen LogP contribution in [-0.4, -0.2) is 13.7 Å². The summed E-state index contributed by atoms with van der Waals surface area (Å²) in [4.78, 5) is 0. The largest absolute Gasteiger partial charge is 0.497 e. The molecule has 1 aromatic rings. The first-order chi connectivity index (χ1) is 6.84. The highest BCUT2D eigenvalue weighted by molar-refractivity contribution is 5.44. The van der Waals surface area contributed by atoms with Crippen molar-refractivity contribution in [1.82, 2.24) is 5.32 Å². The zero-order chi connectivity index (χ0) is 9.60. The minimum Gasteiger partial charge on any atom is -0.497 e. The topological polar surface area (TPSA) is 21.3 Å². The maximum atomic E-state index is 5.27. The molecule has 1 heterocycles. The van der Waals surface area contributed by atoms with Gasteiger partial charge in [0, 0.05) is 12.1 Å². The van der Waals surface area contributed by atoms with Crippen molar-refractivity contribution in [2.75, 3.05) is 13.7 Å². The Bertz CT molecular complexity index is 369. The lowest BCUT2D eigenvalue weighted by Gasteiger charge is -2.27. The molecule has 1 aliphatic carbocycles. The summed E-state index contributed by atoms with van der Waals surface area (Å²) in [5.41, 5.74) is 3.30. The smallest absolute Gasteiger partial charge is 0.119 e. The number of hydrogen-bond acceptors (Lipinski definition) is 2. The Labute approximate surface area is 84.3 Å². The summed E-state index contributed by atoms with van der Waals surface area (Å²) >= 11 is 0. The molecule has 74 valence electrons. The second-order valence-electron chi connectivity index (χ2n) is 4.28. The highest BCUT2D eigenvalue weighted by atomic mass is 16.5. The summed E-state index contributed by atoms with van der Waals surface area (Å²) in [6.07, 6.45) is 3.72. The summed E-state index contributed by atoms with van der Waals surface area (Å²) in [5.74, 6) is 0.985. The Kier molecular flexibility index (Phi) is 1.62. The third-order valence-corrected chi connectivity index (χ3v) is 3.44. The Hall–Kier alpha value is -1.02. The van der Waals surface area contributed by atoms with Crippen LogP contribution >= 0.6 is 0 Å². The third kappa shape index (κ3) is 1.07. The standard InChI is InChI=1S/C12H15NO/c1-14-10-3-2-9-4-7-13-12(5-6-12)11(9)8-10/h2-3,8,13H,4-7H2,1H3. The Morgan fingerprint density at radius 1 is 1.36 bits per heavy atom. The molecule has 0 bridgehead atoms. The van der Waals surface area contributed by atoms with Crippen LogP contribution in [0.2, 0.25) is 0 Å². The number of rotatable bonds is 1. The summed E-state index contributed by atoms with van der Waals surface area (Å²) in [6, 6.07) is 6.49. The molecule has 1 N–H and O–H groups in total. The molecule has 1 saturated carbocycles. The molecule has 0 atom stereocenters. The first-order valence-electron chi connectivity index (χ1n) is 5.26. The number of benzene rings is 1. The van der Waals surface area contributed by atoms with Gasteiger partial charge in [0.1, 0.15) is 5.75 Å². The van der Waals surface area contributed by atoms with Crippen molar-refractivity contribution in [3.05, 3.63) is 29.3 Å². The Morgan fingerprint density at radius 3 is 2.93 bits per heavy atom. The molecule has 0 aromatic heterocycles. The maximum Gasteiger partial charge on any atom is 0.119 e. The van der Waals surface area contributed by atoms with Gasteiger partial charge in [-0.2, -0.15) is 0 Å². The van der Waals surface area contributed by atoms with E-state index in [0.717, 1.165) is 18.7 Å². The van der Waals surface area contributed by atoms with Gasteiger partial charge in [-0.3, -0.25) is 0 Å². The Balaban J connectivity index is 2.10. The number of fused-ring (bicyclic) bond motifs is 2. The van der Waals surface area contributed by atoms with Gasteiger partial charge in [-0.15, -0.1) is 0 Å². The third-order valence-electron chi connectivity index (χ3n) is 3.44. The van der Waals surface area contributed by atoms with Gasteiger partial charge in [-0.1, -0.05) is 6.07 Å². The Morgan fingerprint density at radius 2 is 2.21 bits per heavy atom. The lowest BCUT2D eigenvalue weighted by atomic mass is 9.92. The first kappa shape index (κ1) is 8.30. The fourth-order valence-corrected chi connectivity index (χ4v) is 2.45. The fourth-order valence-electron chi connectivity index (χ4n) is 2.45. The van der Waals surface area contributed by atoms with E-state index in [9.17, 15) is 0 Å². The van der Waals surface area contributed by atoms with Gasteiger partial charge in [0.05, 0.1) is 7.11 Å². The zero-order valence-corrected chi connectivity index (χ0v) is 8.47. The monoisotopic (exact) mass is 189 g/mol. The maximum absolute atomic E-state index is 5.27. The minimum absolute atomic E-state index is 0.322. The fraction of sp³-hybridized carbons (Fsp3) is 0.500. The van der Waals surface area contributed by atoms with Crippen LogP contribution in [0.4, 0.5) is 0 Å². The van der Waals surface area contributed by atoms with Crippen LogP contribution < -0.4 is 10.1 Å². The molecular weight excluding hydrogens is 174 g/mol. The molecule has 0 amide bonds. The molecule has 3 rings (SSSR count). The van der Waals surface area contributed by atoms with E-state index in [2.05, 4.69) is 23.5 Å². The van der Waals surface area contributed by atoms with Crippen LogP contribution in [0.1, 0.15) is 24.0 Å². The van der Waals surface area contributed by atoms with Gasteiger partial charge >= 0.3 is 0 Å². The summed E-state index contributed by atoms with van der Waals surface area (Å²) < 4.78 is 5.27. The second kappa shape index (κ2) is 2.74. The molecule has 0 radical (unpaired) electrons. The zero-order valence-electron chi connectivity index (χ0n) is 8.47. The predicted octanol–water partition coefficient (Wildman–Crippen LogP) is 1.83. The van der Waals surface area contributed by atoms with Crippen molar-refractivity contribution in [2.45, 2.75) is 24.8 Å².